The number of aliphatic hydroxyl groups excluding tert-OH is 1. The molecule has 0 radical (unpaired) electrons. The normalized spacial score (nSPS) is 33.6. The Bertz CT molecular complexity index is 265. The number of aliphatic hydroxyl groups is 1. The molecule has 6 nitrogen and oxygen atoms in total. The first-order chi connectivity index (χ1) is 7.80. The van der Waals surface area contributed by atoms with Crippen molar-refractivity contribution in [1.82, 2.24) is 0 Å². The fourth-order valence-electron chi connectivity index (χ4n) is 1.54. The van der Waals surface area contributed by atoms with Crippen molar-refractivity contribution in [3.63, 3.8) is 0 Å². The summed E-state index contributed by atoms with van der Waals surface area (Å²) in [6.45, 7) is 6.52. The molecule has 0 saturated carbocycles. The average Bonchev–Trinajstić information content (AvgIpc) is 2.18. The number of carbonyl (C=O) groups is 1. The van der Waals surface area contributed by atoms with Gasteiger partial charge in [-0.3, -0.25) is 4.79 Å². The third-order valence-corrected chi connectivity index (χ3v) is 2.30. The molecule has 1 aliphatic heterocycles. The summed E-state index contributed by atoms with van der Waals surface area (Å²) in [5, 5.41) is 9.84. The first-order valence-electron chi connectivity index (χ1n) is 5.59. The van der Waals surface area contributed by atoms with Gasteiger partial charge in [-0.05, 0) is 20.8 Å². The molecular weight excluding hydrogens is 228 g/mol. The topological polar surface area (TPSA) is 74.2 Å². The van der Waals surface area contributed by atoms with Crippen LogP contribution in [0.4, 0.5) is 0 Å². The molecule has 17 heavy (non-hydrogen) atoms. The number of rotatable bonds is 2. The van der Waals surface area contributed by atoms with Gasteiger partial charge in [0.15, 0.2) is 12.1 Å². The highest BCUT2D eigenvalue weighted by atomic mass is 16.8. The molecule has 1 N–H and O–H groups in total. The zero-order chi connectivity index (χ0) is 13.1. The van der Waals surface area contributed by atoms with Gasteiger partial charge in [0.25, 0.3) is 0 Å². The molecule has 0 unspecified atom stereocenters. The van der Waals surface area contributed by atoms with Crippen molar-refractivity contribution >= 4 is 5.97 Å². The van der Waals surface area contributed by atoms with E-state index in [1.165, 1.54) is 6.92 Å². The maximum Gasteiger partial charge on any atom is 0.302 e. The fourth-order valence-corrected chi connectivity index (χ4v) is 1.54. The molecule has 0 aromatic carbocycles. The summed E-state index contributed by atoms with van der Waals surface area (Å²) in [5.74, 6) is -1.23. The molecule has 1 fully saturated rings. The quantitative estimate of drug-likeness (QED) is 0.714. The van der Waals surface area contributed by atoms with E-state index in [4.69, 9.17) is 18.9 Å². The van der Waals surface area contributed by atoms with Crippen molar-refractivity contribution in [2.24, 2.45) is 0 Å². The van der Waals surface area contributed by atoms with E-state index in [2.05, 4.69) is 0 Å². The van der Waals surface area contributed by atoms with Gasteiger partial charge in [-0.15, -0.1) is 0 Å². The highest BCUT2D eigenvalue weighted by Crippen LogP contribution is 2.20. The lowest BCUT2D eigenvalue weighted by molar-refractivity contribution is -0.332. The number of ether oxygens (including phenoxy) is 4. The summed E-state index contributed by atoms with van der Waals surface area (Å²) in [6.07, 6.45) is -2.06. The van der Waals surface area contributed by atoms with Crippen LogP contribution < -0.4 is 0 Å². The minimum absolute atomic E-state index is 0.0199. The summed E-state index contributed by atoms with van der Waals surface area (Å²) in [4.78, 5) is 10.7. The molecule has 1 heterocycles. The predicted molar refractivity (Wildman–Crippen MR) is 58.1 cm³/mol. The third-order valence-electron chi connectivity index (χ3n) is 2.30. The van der Waals surface area contributed by atoms with E-state index >= 15 is 0 Å². The lowest BCUT2D eigenvalue weighted by Gasteiger charge is -2.36. The van der Waals surface area contributed by atoms with Gasteiger partial charge in [0, 0.05) is 6.92 Å². The van der Waals surface area contributed by atoms with Crippen LogP contribution in [-0.2, 0) is 23.7 Å². The summed E-state index contributed by atoms with van der Waals surface area (Å²) in [7, 11) is 0. The van der Waals surface area contributed by atoms with Crippen LogP contribution in [0.15, 0.2) is 0 Å². The molecule has 0 aromatic heterocycles. The Hall–Kier alpha value is -0.690. The molecule has 1 aliphatic rings. The Balaban J connectivity index is 2.57. The van der Waals surface area contributed by atoms with Crippen LogP contribution in [0, 0.1) is 0 Å². The second-order valence-corrected chi connectivity index (χ2v) is 4.44. The zero-order valence-corrected chi connectivity index (χ0v) is 10.6. The molecule has 0 amide bonds. The van der Waals surface area contributed by atoms with Crippen LogP contribution in [0.3, 0.4) is 0 Å². The molecular formula is C11H20O6. The molecule has 3 atom stereocenters. The van der Waals surface area contributed by atoms with Crippen LogP contribution in [0.2, 0.25) is 0 Å². The highest BCUT2D eigenvalue weighted by Gasteiger charge is 2.33. The summed E-state index contributed by atoms with van der Waals surface area (Å²) in [5.41, 5.74) is 0. The van der Waals surface area contributed by atoms with Crippen LogP contribution >= 0.6 is 0 Å². The molecule has 100 valence electrons. The van der Waals surface area contributed by atoms with Gasteiger partial charge in [-0.1, -0.05) is 0 Å². The molecule has 0 bridgehead atoms. The van der Waals surface area contributed by atoms with E-state index in [1.807, 2.05) is 0 Å². The Kier molecular flexibility index (Phi) is 4.88. The minimum atomic E-state index is -0.861. The van der Waals surface area contributed by atoms with Gasteiger partial charge < -0.3 is 24.1 Å². The van der Waals surface area contributed by atoms with Crippen molar-refractivity contribution in [3.05, 3.63) is 0 Å². The minimum Gasteiger partial charge on any atom is -0.463 e. The summed E-state index contributed by atoms with van der Waals surface area (Å²) >= 11 is 0. The number of esters is 1. The van der Waals surface area contributed by atoms with Crippen LogP contribution in [0.5, 0.6) is 0 Å². The second kappa shape index (κ2) is 5.77. The van der Waals surface area contributed by atoms with E-state index in [0.717, 1.165) is 0 Å². The fraction of sp³-hybridized carbons (Fsp3) is 0.909. The molecule has 0 aliphatic carbocycles. The lowest BCUT2D eigenvalue weighted by atomic mass is 10.2. The summed E-state index contributed by atoms with van der Waals surface area (Å²) in [6, 6.07) is 0. The number of hydrogen-bond acceptors (Lipinski definition) is 6. The largest absolute Gasteiger partial charge is 0.463 e. The average molecular weight is 248 g/mol. The molecule has 0 spiro atoms. The summed E-state index contributed by atoms with van der Waals surface area (Å²) < 4.78 is 21.1. The van der Waals surface area contributed by atoms with E-state index in [-0.39, 0.29) is 13.2 Å². The number of carbonyl (C=O) groups excluding carboxylic acids is 1. The maximum atomic E-state index is 10.7. The highest BCUT2D eigenvalue weighted by molar-refractivity contribution is 5.65. The van der Waals surface area contributed by atoms with E-state index < -0.39 is 30.3 Å². The monoisotopic (exact) mass is 248 g/mol. The van der Waals surface area contributed by atoms with Crippen molar-refractivity contribution in [2.75, 3.05) is 13.2 Å². The van der Waals surface area contributed by atoms with E-state index in [0.29, 0.717) is 0 Å². The van der Waals surface area contributed by atoms with Crippen LogP contribution in [0.1, 0.15) is 27.7 Å². The van der Waals surface area contributed by atoms with Gasteiger partial charge in [0.1, 0.15) is 18.8 Å². The van der Waals surface area contributed by atoms with Gasteiger partial charge >= 0.3 is 5.97 Å². The standard InChI is InChI=1S/C11H20O6/c1-7(12)14-6-10-9(13)5-15-11(3,4)17-8(2)16-10/h8-10,13H,5-6H2,1-4H3/t8-,9-,10-/m1/s1. The Morgan fingerprint density at radius 2 is 2.18 bits per heavy atom. The van der Waals surface area contributed by atoms with Gasteiger partial charge in [0.05, 0.1) is 6.61 Å². The first kappa shape index (κ1) is 14.4. The molecule has 1 rings (SSSR count). The smallest absolute Gasteiger partial charge is 0.302 e. The van der Waals surface area contributed by atoms with E-state index in [9.17, 15) is 9.90 Å². The van der Waals surface area contributed by atoms with Crippen LogP contribution in [-0.4, -0.2) is 48.6 Å². The van der Waals surface area contributed by atoms with E-state index in [1.54, 1.807) is 20.8 Å². The van der Waals surface area contributed by atoms with Gasteiger partial charge in [-0.2, -0.15) is 0 Å². The van der Waals surface area contributed by atoms with Gasteiger partial charge in [0.2, 0.25) is 0 Å². The molecule has 6 heteroatoms. The second-order valence-electron chi connectivity index (χ2n) is 4.44. The lowest BCUT2D eigenvalue weighted by Crippen LogP contribution is -2.47. The Labute approximate surface area is 101 Å². The Morgan fingerprint density at radius 3 is 2.76 bits per heavy atom. The third kappa shape index (κ3) is 4.99. The van der Waals surface area contributed by atoms with Crippen LogP contribution in [0.25, 0.3) is 0 Å². The maximum absolute atomic E-state index is 10.7. The first-order valence-corrected chi connectivity index (χ1v) is 5.59. The molecule has 0 aromatic rings. The van der Waals surface area contributed by atoms with Crippen molar-refractivity contribution in [3.8, 4) is 0 Å². The van der Waals surface area contributed by atoms with Crippen molar-refractivity contribution in [1.29, 1.82) is 0 Å². The SMILES string of the molecule is CC(=O)OC[C@H]1O[C@@H](C)OC(C)(C)OC[C@H]1O. The predicted octanol–water partition coefficient (Wildman–Crippen LogP) is 0.424. The van der Waals surface area contributed by atoms with Crippen molar-refractivity contribution in [2.45, 2.75) is 52.0 Å². The Morgan fingerprint density at radius 1 is 1.53 bits per heavy atom. The number of hydrogen-bond donors (Lipinski definition) is 1. The molecule has 1 saturated heterocycles. The zero-order valence-electron chi connectivity index (χ0n) is 10.6. The van der Waals surface area contributed by atoms with Crippen molar-refractivity contribution < 1.29 is 28.8 Å². The van der Waals surface area contributed by atoms with Gasteiger partial charge in [-0.25, -0.2) is 0 Å².